The van der Waals surface area contributed by atoms with Crippen LogP contribution in [0.4, 0.5) is 0 Å². The Morgan fingerprint density at radius 2 is 1.17 bits per heavy atom. The van der Waals surface area contributed by atoms with Gasteiger partial charge < -0.3 is 10.2 Å². The summed E-state index contributed by atoms with van der Waals surface area (Å²) in [6.45, 7) is 3.54. The average Bonchev–Trinajstić information content (AvgIpc) is 2.08. The van der Waals surface area contributed by atoms with E-state index in [1.807, 2.05) is 0 Å². The molecule has 2 N–H and O–H groups in total. The maximum absolute atomic E-state index is 9.55. The fraction of sp³-hybridized carbons (Fsp3) is 0.250. The molecular formula is C8H12O2P2. The van der Waals surface area contributed by atoms with Crippen LogP contribution < -0.4 is 10.6 Å². The highest BCUT2D eigenvalue weighted by Crippen LogP contribution is 2.26. The predicted octanol–water partition coefficient (Wildman–Crippen LogP) is 0.715. The quantitative estimate of drug-likeness (QED) is 0.480. The number of benzene rings is 1. The molecule has 0 heterocycles. The lowest BCUT2D eigenvalue weighted by Gasteiger charge is -2.12. The Bertz CT molecular complexity index is 229. The van der Waals surface area contributed by atoms with Gasteiger partial charge >= 0.3 is 0 Å². The minimum absolute atomic E-state index is 0.220. The molecule has 66 valence electrons. The summed E-state index contributed by atoms with van der Waals surface area (Å²) in [6.07, 6.45) is 0. The molecule has 1 aromatic rings. The van der Waals surface area contributed by atoms with Gasteiger partial charge in [-0.05, 0) is 13.8 Å². The molecule has 0 fully saturated rings. The molecule has 1 rings (SSSR count). The molecule has 0 radical (unpaired) electrons. The Kier molecular flexibility index (Phi) is 2.61. The van der Waals surface area contributed by atoms with Gasteiger partial charge in [-0.2, -0.15) is 0 Å². The second kappa shape index (κ2) is 3.20. The Labute approximate surface area is 76.4 Å². The van der Waals surface area contributed by atoms with E-state index in [2.05, 4.69) is 18.5 Å². The normalized spacial score (nSPS) is 10.3. The van der Waals surface area contributed by atoms with Crippen molar-refractivity contribution in [1.82, 2.24) is 0 Å². The van der Waals surface area contributed by atoms with Crippen molar-refractivity contribution in [2.24, 2.45) is 0 Å². The van der Waals surface area contributed by atoms with Crippen molar-refractivity contribution in [3.63, 3.8) is 0 Å². The van der Waals surface area contributed by atoms with Crippen LogP contribution in [0.1, 0.15) is 11.1 Å². The summed E-state index contributed by atoms with van der Waals surface area (Å²) in [6, 6.07) is 0. The van der Waals surface area contributed by atoms with Gasteiger partial charge in [-0.25, -0.2) is 0 Å². The van der Waals surface area contributed by atoms with E-state index in [4.69, 9.17) is 0 Å². The summed E-state index contributed by atoms with van der Waals surface area (Å²) < 4.78 is 0. The molecule has 2 unspecified atom stereocenters. The number of hydrogen-bond donors (Lipinski definition) is 2. The van der Waals surface area contributed by atoms with E-state index in [9.17, 15) is 10.2 Å². The van der Waals surface area contributed by atoms with Crippen molar-refractivity contribution in [2.45, 2.75) is 13.8 Å². The summed E-state index contributed by atoms with van der Waals surface area (Å²) >= 11 is 0. The zero-order chi connectivity index (χ0) is 9.46. The Balaban J connectivity index is 3.60. The fourth-order valence-corrected chi connectivity index (χ4v) is 1.79. The van der Waals surface area contributed by atoms with Gasteiger partial charge in [0.05, 0.1) is 0 Å². The Hall–Kier alpha value is -0.320. The minimum Gasteiger partial charge on any atom is -0.507 e. The number of phenolic OH excluding ortho intramolecular Hbond substituents is 2. The molecule has 4 heteroatoms. The Morgan fingerprint density at radius 3 is 1.50 bits per heavy atom. The first-order chi connectivity index (χ1) is 5.46. The minimum atomic E-state index is 0.220. The third-order valence-electron chi connectivity index (χ3n) is 2.03. The van der Waals surface area contributed by atoms with Gasteiger partial charge in [0.1, 0.15) is 11.5 Å². The molecule has 0 saturated carbocycles. The molecule has 2 nitrogen and oxygen atoms in total. The fourth-order valence-electron chi connectivity index (χ4n) is 1.04. The van der Waals surface area contributed by atoms with Crippen molar-refractivity contribution in [3.8, 4) is 11.5 Å². The van der Waals surface area contributed by atoms with Crippen LogP contribution in [0.3, 0.4) is 0 Å². The summed E-state index contributed by atoms with van der Waals surface area (Å²) in [5.74, 6) is 0.473. The van der Waals surface area contributed by atoms with Crippen molar-refractivity contribution >= 4 is 29.1 Å². The second-order valence-corrected chi connectivity index (χ2v) is 3.93. The Morgan fingerprint density at radius 1 is 0.833 bits per heavy atom. The molecule has 0 aliphatic carbocycles. The predicted molar refractivity (Wildman–Crippen MR) is 57.9 cm³/mol. The highest BCUT2D eigenvalue weighted by molar-refractivity contribution is 7.30. The van der Waals surface area contributed by atoms with Crippen LogP contribution in [0.5, 0.6) is 11.5 Å². The number of hydrogen-bond acceptors (Lipinski definition) is 2. The van der Waals surface area contributed by atoms with Crippen molar-refractivity contribution < 1.29 is 10.2 Å². The van der Waals surface area contributed by atoms with Crippen LogP contribution in [0.25, 0.3) is 0 Å². The first-order valence-corrected chi connectivity index (χ1v) is 4.68. The van der Waals surface area contributed by atoms with Crippen molar-refractivity contribution in [2.75, 3.05) is 0 Å². The van der Waals surface area contributed by atoms with Crippen LogP contribution in [0, 0.1) is 13.8 Å². The molecular weight excluding hydrogens is 190 g/mol. The van der Waals surface area contributed by atoms with Gasteiger partial charge in [-0.1, -0.05) is 0 Å². The lowest BCUT2D eigenvalue weighted by molar-refractivity contribution is 0.460. The maximum atomic E-state index is 9.55. The van der Waals surface area contributed by atoms with Gasteiger partial charge in [-0.15, -0.1) is 18.5 Å². The van der Waals surface area contributed by atoms with E-state index in [0.717, 1.165) is 0 Å². The van der Waals surface area contributed by atoms with E-state index >= 15 is 0 Å². The van der Waals surface area contributed by atoms with Gasteiger partial charge in [0.2, 0.25) is 0 Å². The average molecular weight is 202 g/mol. The topological polar surface area (TPSA) is 40.5 Å². The maximum Gasteiger partial charge on any atom is 0.130 e. The van der Waals surface area contributed by atoms with Crippen LogP contribution >= 0.6 is 18.5 Å². The first kappa shape index (κ1) is 9.77. The smallest absolute Gasteiger partial charge is 0.130 e. The van der Waals surface area contributed by atoms with Gasteiger partial charge in [0, 0.05) is 21.7 Å². The number of aromatic hydroxyl groups is 2. The monoisotopic (exact) mass is 202 g/mol. The molecule has 2 atom stereocenters. The molecule has 0 aliphatic heterocycles. The molecule has 0 bridgehead atoms. The molecule has 1 aromatic carbocycles. The van der Waals surface area contributed by atoms with Crippen molar-refractivity contribution in [1.29, 1.82) is 0 Å². The van der Waals surface area contributed by atoms with E-state index < -0.39 is 0 Å². The van der Waals surface area contributed by atoms with E-state index in [1.165, 1.54) is 0 Å². The van der Waals surface area contributed by atoms with Gasteiger partial charge in [0.15, 0.2) is 0 Å². The standard InChI is InChI=1S/C8H12O2P2/c1-3-5(9)4(2)8(12)6(10)7(3)11/h9-10H,11-12H2,1-2H3. The first-order valence-electron chi connectivity index (χ1n) is 3.52. The summed E-state index contributed by atoms with van der Waals surface area (Å²) in [7, 11) is 4.82. The lowest BCUT2D eigenvalue weighted by Crippen LogP contribution is -2.10. The van der Waals surface area contributed by atoms with Crippen molar-refractivity contribution in [3.05, 3.63) is 11.1 Å². The highest BCUT2D eigenvalue weighted by Gasteiger charge is 2.12. The summed E-state index contributed by atoms with van der Waals surface area (Å²) in [4.78, 5) is 0. The summed E-state index contributed by atoms with van der Waals surface area (Å²) in [5, 5.41) is 20.4. The molecule has 0 spiro atoms. The summed E-state index contributed by atoms with van der Waals surface area (Å²) in [5.41, 5.74) is 1.42. The highest BCUT2D eigenvalue weighted by atomic mass is 31.0. The van der Waals surface area contributed by atoms with Crippen LogP contribution in [-0.2, 0) is 0 Å². The second-order valence-electron chi connectivity index (χ2n) is 2.77. The van der Waals surface area contributed by atoms with E-state index in [0.29, 0.717) is 21.7 Å². The van der Waals surface area contributed by atoms with Gasteiger partial charge in [-0.3, -0.25) is 0 Å². The molecule has 0 amide bonds. The zero-order valence-corrected chi connectivity index (χ0v) is 9.36. The number of rotatable bonds is 0. The molecule has 0 aliphatic rings. The van der Waals surface area contributed by atoms with Crippen LogP contribution in [0.2, 0.25) is 0 Å². The van der Waals surface area contributed by atoms with Crippen LogP contribution in [-0.4, -0.2) is 10.2 Å². The molecule has 0 aromatic heterocycles. The third-order valence-corrected chi connectivity index (χ3v) is 3.44. The van der Waals surface area contributed by atoms with Crippen LogP contribution in [0.15, 0.2) is 0 Å². The van der Waals surface area contributed by atoms with E-state index in [-0.39, 0.29) is 11.5 Å². The molecule has 12 heavy (non-hydrogen) atoms. The van der Waals surface area contributed by atoms with E-state index in [1.54, 1.807) is 13.8 Å². The molecule has 0 saturated heterocycles. The van der Waals surface area contributed by atoms with Gasteiger partial charge in [0.25, 0.3) is 0 Å². The zero-order valence-electron chi connectivity index (χ0n) is 7.05. The lowest BCUT2D eigenvalue weighted by atomic mass is 10.1. The SMILES string of the molecule is Cc1c(O)c(C)c(P)c(O)c1P. The largest absolute Gasteiger partial charge is 0.507 e. The third kappa shape index (κ3) is 1.30. The number of phenols is 2.